The molecule has 0 spiro atoms. The van der Waals surface area contributed by atoms with Gasteiger partial charge in [0, 0.05) is 16.7 Å². The van der Waals surface area contributed by atoms with Crippen LogP contribution in [0, 0.1) is 5.82 Å². The summed E-state index contributed by atoms with van der Waals surface area (Å²) in [7, 11) is 0. The normalized spacial score (nSPS) is 14.5. The molecule has 3 aromatic carbocycles. The molecule has 0 radical (unpaired) electrons. The first kappa shape index (κ1) is 20.2. The highest BCUT2D eigenvalue weighted by Gasteiger charge is 2.35. The summed E-state index contributed by atoms with van der Waals surface area (Å²) < 4.78 is 19.2. The summed E-state index contributed by atoms with van der Waals surface area (Å²) in [6.45, 7) is 1.95. The predicted octanol–water partition coefficient (Wildman–Crippen LogP) is 4.73. The molecule has 0 saturated carbocycles. The maximum Gasteiger partial charge on any atom is 0.338 e. The number of carbonyl (C=O) groups is 3. The van der Waals surface area contributed by atoms with Crippen molar-refractivity contribution in [2.75, 3.05) is 11.5 Å². The van der Waals surface area contributed by atoms with Crippen LogP contribution in [0.1, 0.15) is 38.8 Å². The summed E-state index contributed by atoms with van der Waals surface area (Å²) >= 11 is 0. The van der Waals surface area contributed by atoms with Crippen molar-refractivity contribution in [1.82, 2.24) is 0 Å². The van der Waals surface area contributed by atoms with Crippen LogP contribution in [0.3, 0.4) is 0 Å². The zero-order valence-corrected chi connectivity index (χ0v) is 16.7. The van der Waals surface area contributed by atoms with Crippen LogP contribution in [0.4, 0.5) is 10.1 Å². The number of fused-ring (bicyclic) bond motifs is 1. The fourth-order valence-corrected chi connectivity index (χ4v) is 3.44. The Morgan fingerprint density at radius 2 is 1.55 bits per heavy atom. The molecule has 0 unspecified atom stereocenters. The van der Waals surface area contributed by atoms with Crippen LogP contribution >= 0.6 is 0 Å². The zero-order valence-electron chi connectivity index (χ0n) is 16.7. The van der Waals surface area contributed by atoms with Crippen molar-refractivity contribution in [3.05, 3.63) is 101 Å². The number of ether oxygens (including phenoxy) is 1. The smallest absolute Gasteiger partial charge is 0.338 e. The fraction of sp³-hybridized carbons (Fsp3) is 0.0800. The van der Waals surface area contributed by atoms with Crippen LogP contribution in [0.25, 0.3) is 11.6 Å². The quantitative estimate of drug-likeness (QED) is 0.351. The Hall–Kier alpha value is -4.06. The second-order valence-corrected chi connectivity index (χ2v) is 6.84. The largest absolute Gasteiger partial charge is 0.462 e. The van der Waals surface area contributed by atoms with Crippen LogP contribution in [0.5, 0.6) is 0 Å². The van der Waals surface area contributed by atoms with E-state index in [4.69, 9.17) is 4.74 Å². The number of imide groups is 1. The van der Waals surface area contributed by atoms with Gasteiger partial charge in [0.1, 0.15) is 5.82 Å². The minimum Gasteiger partial charge on any atom is -0.462 e. The summed E-state index contributed by atoms with van der Waals surface area (Å²) in [4.78, 5) is 39.4. The summed E-state index contributed by atoms with van der Waals surface area (Å²) in [6, 6.07) is 18.8. The first-order valence-corrected chi connectivity index (χ1v) is 9.73. The Morgan fingerprint density at radius 3 is 2.23 bits per heavy atom. The second kappa shape index (κ2) is 8.36. The average molecular weight is 415 g/mol. The number of hydrogen-bond donors (Lipinski definition) is 0. The highest BCUT2D eigenvalue weighted by molar-refractivity contribution is 6.43. The van der Waals surface area contributed by atoms with Crippen LogP contribution in [-0.4, -0.2) is 24.4 Å². The number of benzene rings is 3. The first-order chi connectivity index (χ1) is 15.0. The molecule has 0 atom stereocenters. The SMILES string of the molecule is CCOC(=O)c1ccc(N2C(=O)/C(=C\c3ccccc3F)c3ccccc3C2=O)cc1. The molecule has 3 aromatic rings. The number of nitrogens with zero attached hydrogens (tertiary/aromatic N) is 1. The summed E-state index contributed by atoms with van der Waals surface area (Å²) in [5.74, 6) is -2.02. The molecule has 31 heavy (non-hydrogen) atoms. The van der Waals surface area contributed by atoms with Gasteiger partial charge in [0.25, 0.3) is 11.8 Å². The van der Waals surface area contributed by atoms with E-state index in [9.17, 15) is 18.8 Å². The first-order valence-electron chi connectivity index (χ1n) is 9.73. The molecule has 1 aliphatic heterocycles. The van der Waals surface area contributed by atoms with E-state index < -0.39 is 23.6 Å². The number of anilines is 1. The van der Waals surface area contributed by atoms with Crippen molar-refractivity contribution in [1.29, 1.82) is 0 Å². The Kier molecular flexibility index (Phi) is 5.45. The molecule has 5 nitrogen and oxygen atoms in total. The summed E-state index contributed by atoms with van der Waals surface area (Å²) in [5.41, 5.74) is 1.84. The lowest BCUT2D eigenvalue weighted by Gasteiger charge is -2.28. The molecule has 0 aliphatic carbocycles. The van der Waals surface area contributed by atoms with E-state index in [0.29, 0.717) is 22.4 Å². The maximum absolute atomic E-state index is 14.2. The highest BCUT2D eigenvalue weighted by atomic mass is 19.1. The van der Waals surface area contributed by atoms with E-state index in [2.05, 4.69) is 0 Å². The third-order valence-corrected chi connectivity index (χ3v) is 4.93. The van der Waals surface area contributed by atoms with Crippen molar-refractivity contribution >= 4 is 35.1 Å². The number of hydrogen-bond acceptors (Lipinski definition) is 4. The fourth-order valence-electron chi connectivity index (χ4n) is 3.44. The summed E-state index contributed by atoms with van der Waals surface area (Å²) in [5, 5.41) is 0. The van der Waals surface area contributed by atoms with Gasteiger partial charge in [-0.15, -0.1) is 0 Å². The second-order valence-electron chi connectivity index (χ2n) is 6.84. The minimum absolute atomic E-state index is 0.203. The van der Waals surface area contributed by atoms with Crippen LogP contribution in [0.2, 0.25) is 0 Å². The molecular weight excluding hydrogens is 397 g/mol. The molecule has 1 aliphatic rings. The molecular formula is C25H18FNO4. The highest BCUT2D eigenvalue weighted by Crippen LogP contribution is 2.33. The molecule has 6 heteroatoms. The molecule has 0 N–H and O–H groups in total. The average Bonchev–Trinajstić information content (AvgIpc) is 2.78. The Labute approximate surface area is 178 Å². The molecule has 0 aromatic heterocycles. The number of amides is 2. The van der Waals surface area contributed by atoms with Gasteiger partial charge in [0.05, 0.1) is 17.9 Å². The lowest BCUT2D eigenvalue weighted by atomic mass is 9.91. The number of carbonyl (C=O) groups excluding carboxylic acids is 3. The number of esters is 1. The van der Waals surface area contributed by atoms with E-state index >= 15 is 0 Å². The van der Waals surface area contributed by atoms with Gasteiger partial charge >= 0.3 is 5.97 Å². The standard InChI is InChI=1S/C25H18FNO4/c1-2-31-25(30)16-11-13-18(14-12-16)27-23(28)20-9-5-4-8-19(20)21(24(27)29)15-17-7-3-6-10-22(17)26/h3-15H,2H2,1H3/b21-15-. The molecule has 0 fully saturated rings. The molecule has 154 valence electrons. The van der Waals surface area contributed by atoms with Gasteiger partial charge in [-0.2, -0.15) is 0 Å². The van der Waals surface area contributed by atoms with Gasteiger partial charge in [0.15, 0.2) is 0 Å². The van der Waals surface area contributed by atoms with Crippen molar-refractivity contribution in [2.45, 2.75) is 6.92 Å². The Balaban J connectivity index is 1.80. The predicted molar refractivity (Wildman–Crippen MR) is 115 cm³/mol. The molecule has 0 saturated heterocycles. The van der Waals surface area contributed by atoms with Crippen LogP contribution in [-0.2, 0) is 9.53 Å². The minimum atomic E-state index is -0.573. The van der Waals surface area contributed by atoms with Gasteiger partial charge in [-0.3, -0.25) is 9.59 Å². The molecule has 1 heterocycles. The van der Waals surface area contributed by atoms with Crippen molar-refractivity contribution in [2.24, 2.45) is 0 Å². The van der Waals surface area contributed by atoms with Crippen molar-refractivity contribution < 1.29 is 23.5 Å². The van der Waals surface area contributed by atoms with Crippen molar-refractivity contribution in [3.8, 4) is 0 Å². The maximum atomic E-state index is 14.2. The lowest BCUT2D eigenvalue weighted by Crippen LogP contribution is -2.41. The molecule has 4 rings (SSSR count). The van der Waals surface area contributed by atoms with E-state index in [1.165, 1.54) is 36.4 Å². The van der Waals surface area contributed by atoms with E-state index in [1.54, 1.807) is 49.4 Å². The van der Waals surface area contributed by atoms with Gasteiger partial charge in [-0.1, -0.05) is 36.4 Å². The molecule has 0 bridgehead atoms. The monoisotopic (exact) mass is 415 g/mol. The van der Waals surface area contributed by atoms with Crippen LogP contribution in [0.15, 0.2) is 72.8 Å². The lowest BCUT2D eigenvalue weighted by molar-refractivity contribution is -0.112. The number of halogens is 1. The van der Waals surface area contributed by atoms with E-state index in [-0.39, 0.29) is 17.7 Å². The Bertz CT molecular complexity index is 1210. The van der Waals surface area contributed by atoms with Gasteiger partial charge in [-0.25, -0.2) is 14.1 Å². The third kappa shape index (κ3) is 3.75. The van der Waals surface area contributed by atoms with Gasteiger partial charge in [-0.05, 0) is 55.0 Å². The van der Waals surface area contributed by atoms with Gasteiger partial charge < -0.3 is 4.74 Å². The van der Waals surface area contributed by atoms with E-state index in [1.807, 2.05) is 0 Å². The summed E-state index contributed by atoms with van der Waals surface area (Å²) in [6.07, 6.45) is 1.45. The van der Waals surface area contributed by atoms with E-state index in [0.717, 1.165) is 4.90 Å². The third-order valence-electron chi connectivity index (χ3n) is 4.93. The zero-order chi connectivity index (χ0) is 22.0. The molecule has 2 amide bonds. The Morgan fingerprint density at radius 1 is 0.903 bits per heavy atom. The van der Waals surface area contributed by atoms with Crippen LogP contribution < -0.4 is 4.90 Å². The number of rotatable bonds is 4. The van der Waals surface area contributed by atoms with Gasteiger partial charge in [0.2, 0.25) is 0 Å². The van der Waals surface area contributed by atoms with Crippen molar-refractivity contribution in [3.63, 3.8) is 0 Å². The topological polar surface area (TPSA) is 63.7 Å².